The summed E-state index contributed by atoms with van der Waals surface area (Å²) in [7, 11) is -4.87. The van der Waals surface area contributed by atoms with Crippen LogP contribution in [0.25, 0.3) is 0 Å². The molecule has 0 spiro atoms. The molecule has 2 rings (SSSR count). The van der Waals surface area contributed by atoms with Crippen molar-refractivity contribution in [2.24, 2.45) is 5.92 Å². The first-order valence-electron chi connectivity index (χ1n) is 6.15. The maximum Gasteiger partial charge on any atom is 0.353 e. The van der Waals surface area contributed by atoms with Crippen LogP contribution in [0.1, 0.15) is 20.3 Å². The van der Waals surface area contributed by atoms with Crippen LogP contribution in [0.4, 0.5) is 0 Å². The van der Waals surface area contributed by atoms with Crippen LogP contribution in [0, 0.1) is 5.92 Å². The first kappa shape index (κ1) is 16.3. The van der Waals surface area contributed by atoms with Crippen LogP contribution in [0.3, 0.4) is 0 Å². The third kappa shape index (κ3) is 2.26. The van der Waals surface area contributed by atoms with Gasteiger partial charge in [-0.1, -0.05) is 6.92 Å². The molecule has 2 aliphatic heterocycles. The van der Waals surface area contributed by atoms with E-state index in [0.29, 0.717) is 10.7 Å². The van der Waals surface area contributed by atoms with E-state index in [4.69, 9.17) is 4.55 Å². The molecule has 21 heavy (non-hydrogen) atoms. The minimum atomic E-state index is -4.87. The maximum atomic E-state index is 12.1. The van der Waals surface area contributed by atoms with Gasteiger partial charge < -0.3 is 15.1 Å². The predicted molar refractivity (Wildman–Crippen MR) is 73.7 cm³/mol. The number of carboxylic acid groups (broad SMARTS) is 1. The van der Waals surface area contributed by atoms with Crippen LogP contribution in [-0.2, 0) is 19.7 Å². The SMILES string of the molecule is CCSC1=C(C(=O)O)N2C(=O)[C@H]([C@@](C)(O)S(=O)(=O)O)[C@H]2C1. The van der Waals surface area contributed by atoms with Gasteiger partial charge in [0.25, 0.3) is 10.1 Å². The quantitative estimate of drug-likeness (QED) is 0.466. The molecule has 0 aromatic rings. The predicted octanol–water partition coefficient (Wildman–Crippen LogP) is -0.137. The molecule has 0 aromatic heterocycles. The Balaban J connectivity index is 2.37. The zero-order valence-corrected chi connectivity index (χ0v) is 12.9. The second-order valence-corrected chi connectivity index (χ2v) is 8.13. The fourth-order valence-electron chi connectivity index (χ4n) is 2.72. The number of carbonyl (C=O) groups is 2. The summed E-state index contributed by atoms with van der Waals surface area (Å²) in [5, 5.41) is 19.2. The van der Waals surface area contributed by atoms with Gasteiger partial charge in [-0.15, -0.1) is 11.8 Å². The van der Waals surface area contributed by atoms with Gasteiger partial charge in [0.15, 0.2) is 0 Å². The van der Waals surface area contributed by atoms with Crippen LogP contribution in [-0.4, -0.2) is 56.7 Å². The number of carbonyl (C=O) groups excluding carboxylic acids is 1. The molecule has 1 amide bonds. The Labute approximate surface area is 125 Å². The number of β-lactam (4-membered cyclic amide) rings is 1. The van der Waals surface area contributed by atoms with E-state index in [1.54, 1.807) is 0 Å². The zero-order chi connectivity index (χ0) is 16.2. The number of thioether (sulfide) groups is 1. The standard InChI is InChI=1S/C11H15NO7S2/c1-3-20-6-4-5-7(11(2,16)21(17,18)19)9(13)12(5)8(6)10(14)15/h5,7,16H,3-4H2,1-2H3,(H,14,15)(H,17,18,19)/t5-,7-,11+/m1/s1. The molecule has 8 nitrogen and oxygen atoms in total. The normalized spacial score (nSPS) is 28.2. The number of fused-ring (bicyclic) bond motifs is 1. The second kappa shape index (κ2) is 4.97. The molecule has 2 heterocycles. The van der Waals surface area contributed by atoms with Gasteiger partial charge in [-0.25, -0.2) is 4.79 Å². The first-order chi connectivity index (χ1) is 9.54. The molecule has 0 aromatic carbocycles. The highest BCUT2D eigenvalue weighted by atomic mass is 32.2. The van der Waals surface area contributed by atoms with Crippen LogP contribution in [0.15, 0.2) is 10.6 Å². The Kier molecular flexibility index (Phi) is 3.85. The number of aliphatic carboxylic acids is 1. The topological polar surface area (TPSA) is 132 Å². The van der Waals surface area contributed by atoms with Crippen molar-refractivity contribution < 1.29 is 32.8 Å². The van der Waals surface area contributed by atoms with Gasteiger partial charge >= 0.3 is 5.97 Å². The first-order valence-corrected chi connectivity index (χ1v) is 8.58. The summed E-state index contributed by atoms with van der Waals surface area (Å²) in [6, 6.07) is -0.769. The average Bonchev–Trinajstić information content (AvgIpc) is 2.62. The molecule has 0 saturated carbocycles. The number of rotatable bonds is 5. The Morgan fingerprint density at radius 1 is 1.52 bits per heavy atom. The molecule has 3 atom stereocenters. The van der Waals surface area contributed by atoms with Crippen molar-refractivity contribution in [1.82, 2.24) is 4.90 Å². The largest absolute Gasteiger partial charge is 0.477 e. The molecular weight excluding hydrogens is 322 g/mol. The summed E-state index contributed by atoms with van der Waals surface area (Å²) < 4.78 is 31.6. The van der Waals surface area contributed by atoms with Gasteiger partial charge in [0.05, 0.1) is 6.04 Å². The van der Waals surface area contributed by atoms with Crippen molar-refractivity contribution >= 4 is 33.8 Å². The Morgan fingerprint density at radius 3 is 2.52 bits per heavy atom. The highest BCUT2D eigenvalue weighted by Crippen LogP contribution is 2.50. The third-order valence-corrected chi connectivity index (χ3v) is 6.04. The van der Waals surface area contributed by atoms with E-state index >= 15 is 0 Å². The highest BCUT2D eigenvalue weighted by Gasteiger charge is 2.64. The van der Waals surface area contributed by atoms with Crippen molar-refractivity contribution in [2.75, 3.05) is 5.75 Å². The fraction of sp³-hybridized carbons (Fsp3) is 0.636. The number of nitrogens with zero attached hydrogens (tertiary/aromatic N) is 1. The fourth-order valence-corrected chi connectivity index (χ4v) is 4.26. The van der Waals surface area contributed by atoms with Gasteiger partial charge in [0, 0.05) is 11.3 Å². The summed E-state index contributed by atoms with van der Waals surface area (Å²) >= 11 is 1.26. The molecule has 0 aliphatic carbocycles. The lowest BCUT2D eigenvalue weighted by molar-refractivity contribution is -0.164. The van der Waals surface area contributed by atoms with E-state index in [1.807, 2.05) is 6.92 Å². The van der Waals surface area contributed by atoms with E-state index < -0.39 is 38.9 Å². The highest BCUT2D eigenvalue weighted by molar-refractivity contribution is 8.03. The molecule has 1 saturated heterocycles. The van der Waals surface area contributed by atoms with Crippen LogP contribution < -0.4 is 0 Å². The van der Waals surface area contributed by atoms with E-state index in [-0.39, 0.29) is 12.1 Å². The van der Waals surface area contributed by atoms with Gasteiger partial charge in [-0.3, -0.25) is 9.35 Å². The Bertz CT molecular complexity index is 637. The lowest BCUT2D eigenvalue weighted by Crippen LogP contribution is -2.67. The summed E-state index contributed by atoms with van der Waals surface area (Å²) in [6.07, 6.45) is 0.155. The molecule has 0 radical (unpaired) electrons. The van der Waals surface area contributed by atoms with Gasteiger partial charge in [-0.05, 0) is 12.7 Å². The monoisotopic (exact) mass is 337 g/mol. The maximum absolute atomic E-state index is 12.1. The Morgan fingerprint density at radius 2 is 2.10 bits per heavy atom. The molecule has 3 N–H and O–H groups in total. The van der Waals surface area contributed by atoms with E-state index in [0.717, 1.165) is 11.8 Å². The number of aliphatic hydroxyl groups is 1. The van der Waals surface area contributed by atoms with Crippen LogP contribution in [0.5, 0.6) is 0 Å². The summed E-state index contributed by atoms with van der Waals surface area (Å²) in [4.78, 5) is 22.2. The second-order valence-electron chi connectivity index (χ2n) is 5.00. The van der Waals surface area contributed by atoms with Gasteiger partial charge in [0.2, 0.25) is 10.8 Å². The molecule has 118 valence electrons. The third-order valence-electron chi connectivity index (χ3n) is 3.74. The Hall–Kier alpha value is -1.10. The van der Waals surface area contributed by atoms with Crippen LogP contribution in [0.2, 0.25) is 0 Å². The molecule has 10 heteroatoms. The average molecular weight is 337 g/mol. The van der Waals surface area contributed by atoms with Crippen molar-refractivity contribution in [1.29, 1.82) is 0 Å². The minimum absolute atomic E-state index is 0.155. The lowest BCUT2D eigenvalue weighted by atomic mass is 9.83. The zero-order valence-electron chi connectivity index (χ0n) is 11.3. The van der Waals surface area contributed by atoms with E-state index in [1.165, 1.54) is 11.8 Å². The summed E-state index contributed by atoms with van der Waals surface area (Å²) in [6.45, 7) is 2.66. The minimum Gasteiger partial charge on any atom is -0.477 e. The number of hydrogen-bond donors (Lipinski definition) is 3. The number of amides is 1. The van der Waals surface area contributed by atoms with Crippen molar-refractivity contribution in [3.63, 3.8) is 0 Å². The molecule has 0 unspecified atom stereocenters. The summed E-state index contributed by atoms with van der Waals surface area (Å²) in [5.74, 6) is -2.87. The number of hydrogen-bond acceptors (Lipinski definition) is 6. The van der Waals surface area contributed by atoms with E-state index in [9.17, 15) is 28.2 Å². The van der Waals surface area contributed by atoms with Gasteiger partial charge in [0.1, 0.15) is 11.6 Å². The van der Waals surface area contributed by atoms with Crippen LogP contribution >= 0.6 is 11.8 Å². The number of carboxylic acids is 1. The van der Waals surface area contributed by atoms with Crippen molar-refractivity contribution in [3.8, 4) is 0 Å². The van der Waals surface area contributed by atoms with Crippen molar-refractivity contribution in [3.05, 3.63) is 10.6 Å². The van der Waals surface area contributed by atoms with Gasteiger partial charge in [-0.2, -0.15) is 8.42 Å². The molecule has 1 fully saturated rings. The molecule has 0 bridgehead atoms. The molecule has 2 aliphatic rings. The lowest BCUT2D eigenvalue weighted by Gasteiger charge is -2.47. The van der Waals surface area contributed by atoms with Crippen molar-refractivity contribution in [2.45, 2.75) is 31.2 Å². The summed E-state index contributed by atoms with van der Waals surface area (Å²) in [5.41, 5.74) is -0.167. The smallest absolute Gasteiger partial charge is 0.353 e. The van der Waals surface area contributed by atoms with E-state index in [2.05, 4.69) is 0 Å². The molecular formula is C11H15NO7S2.